The highest BCUT2D eigenvalue weighted by atomic mass is 16.5. The van der Waals surface area contributed by atoms with Gasteiger partial charge in [0.25, 0.3) is 0 Å². The molecule has 4 N–H and O–H groups in total. The van der Waals surface area contributed by atoms with Gasteiger partial charge in [0.05, 0.1) is 12.1 Å². The Hall–Kier alpha value is -3.47. The van der Waals surface area contributed by atoms with Crippen LogP contribution >= 0.6 is 0 Å². The lowest BCUT2D eigenvalue weighted by molar-refractivity contribution is -0.133. The first-order valence-electron chi connectivity index (χ1n) is 10.9. The summed E-state index contributed by atoms with van der Waals surface area (Å²) >= 11 is 0. The third-order valence-electron chi connectivity index (χ3n) is 5.31. The Morgan fingerprint density at radius 1 is 1.21 bits per heavy atom. The topological polar surface area (TPSA) is 146 Å². The SMILES string of the molecule is CN[C@@H](CCCNC=O)C(=O)Nc1ccc(COC(=O)NCC(=O)N2CCC[C@@H]2C=O)cc1. The first-order chi connectivity index (χ1) is 16.0. The second kappa shape index (κ2) is 13.8. The minimum Gasteiger partial charge on any atom is -0.445 e. The molecule has 11 nitrogen and oxygen atoms in total. The summed E-state index contributed by atoms with van der Waals surface area (Å²) in [4.78, 5) is 59.1. The van der Waals surface area contributed by atoms with Gasteiger partial charge in [-0.25, -0.2) is 4.79 Å². The number of aldehydes is 1. The molecule has 0 aliphatic carbocycles. The maximum atomic E-state index is 12.4. The van der Waals surface area contributed by atoms with Gasteiger partial charge < -0.3 is 35.7 Å². The number of hydrogen-bond acceptors (Lipinski definition) is 7. The first kappa shape index (κ1) is 25.8. The zero-order valence-corrected chi connectivity index (χ0v) is 18.7. The number of amides is 4. The van der Waals surface area contributed by atoms with Gasteiger partial charge in [-0.3, -0.25) is 14.4 Å². The monoisotopic (exact) mass is 461 g/mol. The minimum absolute atomic E-state index is 0.00218. The molecule has 1 aromatic carbocycles. The zero-order valence-electron chi connectivity index (χ0n) is 18.7. The number of alkyl carbamates (subject to hydrolysis) is 1. The molecule has 1 heterocycles. The maximum Gasteiger partial charge on any atom is 0.407 e. The Balaban J connectivity index is 1.72. The van der Waals surface area contributed by atoms with Crippen LogP contribution in [0.4, 0.5) is 10.5 Å². The summed E-state index contributed by atoms with van der Waals surface area (Å²) in [6.45, 7) is 0.779. The first-order valence-corrected chi connectivity index (χ1v) is 10.9. The van der Waals surface area contributed by atoms with Gasteiger partial charge in [-0.1, -0.05) is 12.1 Å². The molecule has 0 spiro atoms. The number of ether oxygens (including phenoxy) is 1. The predicted octanol–water partition coefficient (Wildman–Crippen LogP) is 0.155. The lowest BCUT2D eigenvalue weighted by Gasteiger charge is -2.20. The highest BCUT2D eigenvalue weighted by Crippen LogP contribution is 2.15. The average Bonchev–Trinajstić information content (AvgIpc) is 3.31. The number of carbonyl (C=O) groups excluding carboxylic acids is 5. The van der Waals surface area contributed by atoms with Crippen molar-refractivity contribution in [2.75, 3.05) is 32.0 Å². The molecule has 2 atom stereocenters. The Morgan fingerprint density at radius 3 is 2.64 bits per heavy atom. The lowest BCUT2D eigenvalue weighted by atomic mass is 10.1. The van der Waals surface area contributed by atoms with Crippen LogP contribution in [0.5, 0.6) is 0 Å². The molecule has 0 unspecified atom stereocenters. The van der Waals surface area contributed by atoms with Crippen molar-refractivity contribution in [3.05, 3.63) is 29.8 Å². The Morgan fingerprint density at radius 2 is 1.97 bits per heavy atom. The molecule has 0 bridgehead atoms. The molecule has 180 valence electrons. The highest BCUT2D eigenvalue weighted by Gasteiger charge is 2.28. The summed E-state index contributed by atoms with van der Waals surface area (Å²) < 4.78 is 5.12. The number of likely N-dealkylation sites (N-methyl/N-ethyl adjacent to an activating group) is 1. The van der Waals surface area contributed by atoms with Crippen LogP contribution in [0.25, 0.3) is 0 Å². The zero-order chi connectivity index (χ0) is 24.1. The number of likely N-dealkylation sites (tertiary alicyclic amines) is 1. The van der Waals surface area contributed by atoms with Crippen molar-refractivity contribution in [2.45, 2.75) is 44.4 Å². The van der Waals surface area contributed by atoms with Crippen molar-refractivity contribution in [1.82, 2.24) is 20.9 Å². The average molecular weight is 462 g/mol. The molecule has 11 heteroatoms. The fraction of sp³-hybridized carbons (Fsp3) is 0.500. The Bertz CT molecular complexity index is 816. The van der Waals surface area contributed by atoms with Crippen molar-refractivity contribution < 1.29 is 28.7 Å². The van der Waals surface area contributed by atoms with Gasteiger partial charge >= 0.3 is 6.09 Å². The predicted molar refractivity (Wildman–Crippen MR) is 120 cm³/mol. The number of hydrogen-bond donors (Lipinski definition) is 4. The van der Waals surface area contributed by atoms with Crippen LogP contribution in [0.15, 0.2) is 24.3 Å². The van der Waals surface area contributed by atoms with Crippen LogP contribution in [0, 0.1) is 0 Å². The Kier molecular flexibility index (Phi) is 10.8. The molecular weight excluding hydrogens is 430 g/mol. The number of rotatable bonds is 13. The molecule has 4 amide bonds. The number of carbonyl (C=O) groups is 5. The third-order valence-corrected chi connectivity index (χ3v) is 5.31. The van der Waals surface area contributed by atoms with Crippen LogP contribution in [-0.4, -0.2) is 74.3 Å². The second-order valence-electron chi connectivity index (χ2n) is 7.60. The van der Waals surface area contributed by atoms with E-state index in [1.807, 2.05) is 0 Å². The molecule has 1 aromatic rings. The molecule has 1 fully saturated rings. The third kappa shape index (κ3) is 8.53. The summed E-state index contributed by atoms with van der Waals surface area (Å²) in [7, 11) is 1.70. The van der Waals surface area contributed by atoms with Crippen LogP contribution in [-0.2, 0) is 30.5 Å². The van der Waals surface area contributed by atoms with Crippen molar-refractivity contribution >= 4 is 36.3 Å². The maximum absolute atomic E-state index is 12.4. The quantitative estimate of drug-likeness (QED) is 0.242. The van der Waals surface area contributed by atoms with Gasteiger partial charge in [-0.05, 0) is 50.4 Å². The van der Waals surface area contributed by atoms with Gasteiger partial charge in [0, 0.05) is 18.8 Å². The smallest absolute Gasteiger partial charge is 0.407 e. The van der Waals surface area contributed by atoms with E-state index < -0.39 is 18.2 Å². The van der Waals surface area contributed by atoms with Crippen LogP contribution in [0.3, 0.4) is 0 Å². The van der Waals surface area contributed by atoms with Crippen LogP contribution in [0.2, 0.25) is 0 Å². The van der Waals surface area contributed by atoms with E-state index >= 15 is 0 Å². The van der Waals surface area contributed by atoms with Crippen molar-refractivity contribution in [2.24, 2.45) is 0 Å². The number of nitrogens with one attached hydrogen (secondary N) is 4. The van der Waals surface area contributed by atoms with E-state index in [4.69, 9.17) is 4.74 Å². The fourth-order valence-corrected chi connectivity index (χ4v) is 3.48. The molecule has 1 saturated heterocycles. The number of nitrogens with zero attached hydrogens (tertiary/aromatic N) is 1. The molecular formula is C22H31N5O6. The summed E-state index contributed by atoms with van der Waals surface area (Å²) in [5.74, 6) is -0.506. The fourth-order valence-electron chi connectivity index (χ4n) is 3.48. The lowest BCUT2D eigenvalue weighted by Crippen LogP contribution is -2.43. The second-order valence-corrected chi connectivity index (χ2v) is 7.60. The van der Waals surface area contributed by atoms with E-state index in [9.17, 15) is 24.0 Å². The van der Waals surface area contributed by atoms with Gasteiger partial charge in [0.15, 0.2) is 0 Å². The van der Waals surface area contributed by atoms with Crippen molar-refractivity contribution in [3.63, 3.8) is 0 Å². The summed E-state index contributed by atoms with van der Waals surface area (Å²) in [6, 6.07) is 6.02. The van der Waals surface area contributed by atoms with E-state index in [1.165, 1.54) is 4.90 Å². The van der Waals surface area contributed by atoms with E-state index in [0.717, 1.165) is 12.7 Å². The molecule has 1 aliphatic rings. The summed E-state index contributed by atoms with van der Waals surface area (Å²) in [5, 5.41) is 10.7. The molecule has 0 aromatic heterocycles. The number of anilines is 1. The molecule has 1 aliphatic heterocycles. The Labute approximate surface area is 192 Å². The van der Waals surface area contributed by atoms with Crippen LogP contribution < -0.4 is 21.3 Å². The van der Waals surface area contributed by atoms with E-state index in [2.05, 4.69) is 21.3 Å². The molecule has 0 radical (unpaired) electrons. The van der Waals surface area contributed by atoms with Gasteiger partial charge in [-0.15, -0.1) is 0 Å². The van der Waals surface area contributed by atoms with Crippen molar-refractivity contribution in [3.8, 4) is 0 Å². The standard InChI is InChI=1S/C22H31N5O6/c1-23-19(5-2-10-24-15-29)21(31)26-17-8-6-16(7-9-17)14-33-22(32)25-12-20(30)27-11-3-4-18(27)13-28/h6-9,13,15,18-19,23H,2-5,10-12,14H2,1H3,(H,24,29)(H,25,32)(H,26,31)/t18-,19+/m1/s1. The van der Waals surface area contributed by atoms with Gasteiger partial charge in [-0.2, -0.15) is 0 Å². The van der Waals surface area contributed by atoms with Gasteiger partial charge in [0.1, 0.15) is 19.4 Å². The largest absolute Gasteiger partial charge is 0.445 e. The van der Waals surface area contributed by atoms with Gasteiger partial charge in [0.2, 0.25) is 18.2 Å². The minimum atomic E-state index is -0.733. The van der Waals surface area contributed by atoms with Crippen LogP contribution in [0.1, 0.15) is 31.2 Å². The van der Waals surface area contributed by atoms with E-state index in [1.54, 1.807) is 31.3 Å². The van der Waals surface area contributed by atoms with E-state index in [0.29, 0.717) is 50.0 Å². The summed E-state index contributed by atoms with van der Waals surface area (Å²) in [5.41, 5.74) is 1.31. The molecule has 2 rings (SSSR count). The molecule has 0 saturated carbocycles. The van der Waals surface area contributed by atoms with Crippen molar-refractivity contribution in [1.29, 1.82) is 0 Å². The highest BCUT2D eigenvalue weighted by molar-refractivity contribution is 5.94. The normalized spacial score (nSPS) is 15.9. The van der Waals surface area contributed by atoms with E-state index in [-0.39, 0.29) is 25.0 Å². The molecule has 33 heavy (non-hydrogen) atoms. The number of benzene rings is 1. The summed E-state index contributed by atoms with van der Waals surface area (Å²) in [6.07, 6.45) is 3.29.